The summed E-state index contributed by atoms with van der Waals surface area (Å²) in [4.78, 5) is 0. The van der Waals surface area contributed by atoms with Crippen molar-refractivity contribution in [3.8, 4) is 0 Å². The number of ether oxygens (including phenoxy) is 2. The molecule has 1 aromatic rings. The predicted molar refractivity (Wildman–Crippen MR) is 73.6 cm³/mol. The molecule has 0 aliphatic carbocycles. The summed E-state index contributed by atoms with van der Waals surface area (Å²) in [7, 11) is 0. The number of hydrogen-bond acceptors (Lipinski definition) is 2. The van der Waals surface area contributed by atoms with E-state index in [1.54, 1.807) is 0 Å². The summed E-state index contributed by atoms with van der Waals surface area (Å²) < 4.78 is 10.9. The third-order valence-corrected chi connectivity index (χ3v) is 2.86. The van der Waals surface area contributed by atoms with Crippen LogP contribution in [0.3, 0.4) is 0 Å². The SMILES string of the molecule is C1=C(/C=C/COCCc2ccccc2)COCC1. The quantitative estimate of drug-likeness (QED) is 0.716. The van der Waals surface area contributed by atoms with Crippen molar-refractivity contribution < 1.29 is 9.47 Å². The molecule has 1 heterocycles. The largest absolute Gasteiger partial charge is 0.377 e. The maximum Gasteiger partial charge on any atom is 0.0713 e. The topological polar surface area (TPSA) is 18.5 Å². The lowest BCUT2D eigenvalue weighted by atomic mass is 10.2. The van der Waals surface area contributed by atoms with Crippen molar-refractivity contribution in [1.29, 1.82) is 0 Å². The zero-order chi connectivity index (χ0) is 12.5. The monoisotopic (exact) mass is 244 g/mol. The first-order valence-electron chi connectivity index (χ1n) is 6.50. The Kier molecular flexibility index (Phi) is 5.70. The average Bonchev–Trinajstić information content (AvgIpc) is 2.45. The van der Waals surface area contributed by atoms with E-state index in [9.17, 15) is 0 Å². The van der Waals surface area contributed by atoms with Gasteiger partial charge in [0.25, 0.3) is 0 Å². The van der Waals surface area contributed by atoms with Gasteiger partial charge in [-0.3, -0.25) is 0 Å². The van der Waals surface area contributed by atoms with Crippen LogP contribution in [0.25, 0.3) is 0 Å². The first-order valence-corrected chi connectivity index (χ1v) is 6.50. The number of benzene rings is 1. The fourth-order valence-electron chi connectivity index (χ4n) is 1.88. The fraction of sp³-hybridized carbons (Fsp3) is 0.375. The van der Waals surface area contributed by atoms with Crippen molar-refractivity contribution in [2.24, 2.45) is 0 Å². The van der Waals surface area contributed by atoms with E-state index in [0.717, 1.165) is 32.7 Å². The smallest absolute Gasteiger partial charge is 0.0713 e. The van der Waals surface area contributed by atoms with E-state index in [2.05, 4.69) is 42.5 Å². The summed E-state index contributed by atoms with van der Waals surface area (Å²) in [5, 5.41) is 0. The van der Waals surface area contributed by atoms with Crippen molar-refractivity contribution in [1.82, 2.24) is 0 Å². The Bertz CT molecular complexity index is 393. The highest BCUT2D eigenvalue weighted by Crippen LogP contribution is 2.06. The Morgan fingerprint density at radius 2 is 2.11 bits per heavy atom. The minimum atomic E-state index is 0.671. The molecule has 1 aliphatic rings. The van der Waals surface area contributed by atoms with E-state index < -0.39 is 0 Å². The maximum atomic E-state index is 5.57. The number of rotatable bonds is 6. The lowest BCUT2D eigenvalue weighted by Crippen LogP contribution is -2.04. The Morgan fingerprint density at radius 1 is 1.22 bits per heavy atom. The molecule has 0 saturated heterocycles. The molecule has 0 atom stereocenters. The highest BCUT2D eigenvalue weighted by molar-refractivity contribution is 5.20. The highest BCUT2D eigenvalue weighted by atomic mass is 16.5. The molecule has 0 fully saturated rings. The minimum Gasteiger partial charge on any atom is -0.377 e. The fourth-order valence-corrected chi connectivity index (χ4v) is 1.88. The molecule has 2 heteroatoms. The van der Waals surface area contributed by atoms with Crippen LogP contribution in [-0.2, 0) is 15.9 Å². The second-order valence-electron chi connectivity index (χ2n) is 4.33. The number of hydrogen-bond donors (Lipinski definition) is 0. The van der Waals surface area contributed by atoms with E-state index in [0.29, 0.717) is 6.61 Å². The molecule has 96 valence electrons. The molecule has 2 rings (SSSR count). The maximum absolute atomic E-state index is 5.57. The Labute approximate surface area is 109 Å². The van der Waals surface area contributed by atoms with Gasteiger partial charge in [-0.15, -0.1) is 0 Å². The molecule has 0 spiro atoms. The molecule has 0 saturated carbocycles. The van der Waals surface area contributed by atoms with Gasteiger partial charge in [-0.2, -0.15) is 0 Å². The third kappa shape index (κ3) is 4.86. The van der Waals surface area contributed by atoms with Crippen LogP contribution >= 0.6 is 0 Å². The van der Waals surface area contributed by atoms with Crippen LogP contribution in [0.1, 0.15) is 12.0 Å². The van der Waals surface area contributed by atoms with Gasteiger partial charge in [0, 0.05) is 0 Å². The summed E-state index contributed by atoms with van der Waals surface area (Å²) in [6, 6.07) is 10.4. The van der Waals surface area contributed by atoms with E-state index in [1.165, 1.54) is 11.1 Å². The van der Waals surface area contributed by atoms with Crippen LogP contribution in [-0.4, -0.2) is 26.4 Å². The van der Waals surface area contributed by atoms with Crippen LogP contribution in [0.4, 0.5) is 0 Å². The van der Waals surface area contributed by atoms with E-state index >= 15 is 0 Å². The molecule has 1 aromatic carbocycles. The van der Waals surface area contributed by atoms with Gasteiger partial charge in [-0.25, -0.2) is 0 Å². The molecule has 2 nitrogen and oxygen atoms in total. The van der Waals surface area contributed by atoms with Gasteiger partial charge in [0.05, 0.1) is 26.4 Å². The van der Waals surface area contributed by atoms with Gasteiger partial charge < -0.3 is 9.47 Å². The van der Waals surface area contributed by atoms with Crippen LogP contribution in [0.15, 0.2) is 54.1 Å². The molecule has 0 amide bonds. The summed E-state index contributed by atoms with van der Waals surface area (Å²) in [6.07, 6.45) is 8.38. The first kappa shape index (κ1) is 13.1. The second kappa shape index (κ2) is 7.85. The van der Waals surface area contributed by atoms with Crippen LogP contribution in [0, 0.1) is 0 Å². The molecule has 0 bridgehead atoms. The molecule has 0 unspecified atom stereocenters. The lowest BCUT2D eigenvalue weighted by Gasteiger charge is -2.09. The predicted octanol–water partition coefficient (Wildman–Crippen LogP) is 3.15. The van der Waals surface area contributed by atoms with E-state index in [-0.39, 0.29) is 0 Å². The summed E-state index contributed by atoms with van der Waals surface area (Å²) in [5.74, 6) is 0. The molecule has 0 radical (unpaired) electrons. The highest BCUT2D eigenvalue weighted by Gasteiger charge is 1.98. The molecule has 1 aliphatic heterocycles. The molecule has 0 N–H and O–H groups in total. The van der Waals surface area contributed by atoms with Crippen LogP contribution < -0.4 is 0 Å². The van der Waals surface area contributed by atoms with Gasteiger partial charge in [-0.1, -0.05) is 48.6 Å². The van der Waals surface area contributed by atoms with Crippen molar-refractivity contribution in [2.45, 2.75) is 12.8 Å². The zero-order valence-electron chi connectivity index (χ0n) is 10.7. The summed E-state index contributed by atoms with van der Waals surface area (Å²) in [5.41, 5.74) is 2.58. The second-order valence-corrected chi connectivity index (χ2v) is 4.33. The van der Waals surface area contributed by atoms with Crippen molar-refractivity contribution in [3.05, 3.63) is 59.7 Å². The van der Waals surface area contributed by atoms with Gasteiger partial charge in [-0.05, 0) is 24.0 Å². The van der Waals surface area contributed by atoms with Crippen molar-refractivity contribution in [2.75, 3.05) is 26.4 Å². The van der Waals surface area contributed by atoms with Gasteiger partial charge in [0.2, 0.25) is 0 Å². The molecular weight excluding hydrogens is 224 g/mol. The third-order valence-electron chi connectivity index (χ3n) is 2.86. The minimum absolute atomic E-state index is 0.671. The lowest BCUT2D eigenvalue weighted by molar-refractivity contribution is 0.152. The van der Waals surface area contributed by atoms with Crippen LogP contribution in [0.2, 0.25) is 0 Å². The van der Waals surface area contributed by atoms with E-state index in [4.69, 9.17) is 9.47 Å². The zero-order valence-corrected chi connectivity index (χ0v) is 10.7. The Hall–Kier alpha value is -1.38. The van der Waals surface area contributed by atoms with Crippen LogP contribution in [0.5, 0.6) is 0 Å². The average molecular weight is 244 g/mol. The summed E-state index contributed by atoms with van der Waals surface area (Å²) in [6.45, 7) is 3.03. The van der Waals surface area contributed by atoms with E-state index in [1.807, 2.05) is 6.07 Å². The standard InChI is InChI=1S/C16H20O2/c1-2-6-15(7-3-1)10-13-17-11-4-8-16-9-5-12-18-14-16/h1-4,6-9H,5,10-14H2/b8-4+. The molecule has 0 aromatic heterocycles. The Balaban J connectivity index is 1.58. The first-order chi connectivity index (χ1) is 8.95. The van der Waals surface area contributed by atoms with Gasteiger partial charge >= 0.3 is 0 Å². The Morgan fingerprint density at radius 3 is 2.89 bits per heavy atom. The molecule has 18 heavy (non-hydrogen) atoms. The molecular formula is C16H20O2. The van der Waals surface area contributed by atoms with Gasteiger partial charge in [0.15, 0.2) is 0 Å². The van der Waals surface area contributed by atoms with Crippen molar-refractivity contribution in [3.63, 3.8) is 0 Å². The van der Waals surface area contributed by atoms with Crippen molar-refractivity contribution >= 4 is 0 Å². The summed E-state index contributed by atoms with van der Waals surface area (Å²) >= 11 is 0. The van der Waals surface area contributed by atoms with Gasteiger partial charge in [0.1, 0.15) is 0 Å². The normalized spacial score (nSPS) is 15.9.